The number of H-pyrrole nitrogens is 2. The van der Waals surface area contributed by atoms with Crippen molar-refractivity contribution in [2.75, 3.05) is 23.3 Å². The van der Waals surface area contributed by atoms with Crippen LogP contribution >= 0.6 is 0 Å². The van der Waals surface area contributed by atoms with Crippen molar-refractivity contribution in [1.29, 1.82) is 0 Å². The highest BCUT2D eigenvalue weighted by atomic mass is 15.1. The highest BCUT2D eigenvalue weighted by Gasteiger charge is 2.18. The van der Waals surface area contributed by atoms with E-state index in [1.54, 1.807) is 0 Å². The van der Waals surface area contributed by atoms with E-state index < -0.39 is 0 Å². The molecule has 7 heteroatoms. The Labute approximate surface area is 217 Å². The lowest BCUT2D eigenvalue weighted by molar-refractivity contribution is 0.578. The molecule has 0 amide bonds. The van der Waals surface area contributed by atoms with Gasteiger partial charge in [0.1, 0.15) is 5.69 Å². The van der Waals surface area contributed by atoms with Gasteiger partial charge < -0.3 is 15.2 Å². The van der Waals surface area contributed by atoms with E-state index in [1.165, 1.54) is 30.3 Å². The van der Waals surface area contributed by atoms with Crippen molar-refractivity contribution in [1.82, 2.24) is 25.1 Å². The number of hydrogen-bond acceptors (Lipinski definition) is 5. The predicted octanol–water partition coefficient (Wildman–Crippen LogP) is 7.13. The van der Waals surface area contributed by atoms with Crippen molar-refractivity contribution < 1.29 is 0 Å². The minimum Gasteiger partial charge on any atom is -0.370 e. The lowest BCUT2D eigenvalue weighted by Gasteiger charge is -2.28. The summed E-state index contributed by atoms with van der Waals surface area (Å²) >= 11 is 0. The summed E-state index contributed by atoms with van der Waals surface area (Å²) in [6.45, 7) is 10.7. The van der Waals surface area contributed by atoms with E-state index in [-0.39, 0.29) is 0 Å². The first-order chi connectivity index (χ1) is 18.0. The third kappa shape index (κ3) is 4.69. The van der Waals surface area contributed by atoms with E-state index >= 15 is 0 Å². The summed E-state index contributed by atoms with van der Waals surface area (Å²) in [5.41, 5.74) is 9.22. The van der Waals surface area contributed by atoms with Crippen LogP contribution in [0.25, 0.3) is 44.3 Å². The van der Waals surface area contributed by atoms with Gasteiger partial charge in [0.05, 0.1) is 46.7 Å². The Kier molecular flexibility index (Phi) is 6.12. The third-order valence-corrected chi connectivity index (χ3v) is 7.09. The molecule has 0 spiro atoms. The predicted molar refractivity (Wildman–Crippen MR) is 153 cm³/mol. The van der Waals surface area contributed by atoms with Gasteiger partial charge in [0.15, 0.2) is 0 Å². The quantitative estimate of drug-likeness (QED) is 0.225. The number of nitrogens with zero attached hydrogens (tertiary/aromatic N) is 4. The summed E-state index contributed by atoms with van der Waals surface area (Å²) in [4.78, 5) is 15.0. The number of hydrogen-bond donors (Lipinski definition) is 3. The van der Waals surface area contributed by atoms with Crippen LogP contribution in [0, 0.1) is 5.92 Å². The average molecular weight is 492 g/mol. The molecular weight excluding hydrogens is 458 g/mol. The number of benzene rings is 1. The van der Waals surface area contributed by atoms with Crippen LogP contribution in [0.3, 0.4) is 0 Å². The number of aromatic nitrogens is 5. The molecule has 1 saturated heterocycles. The van der Waals surface area contributed by atoms with Gasteiger partial charge in [-0.1, -0.05) is 26.5 Å². The van der Waals surface area contributed by atoms with Gasteiger partial charge in [-0.05, 0) is 61.4 Å². The first-order valence-electron chi connectivity index (χ1n) is 13.2. The maximum Gasteiger partial charge on any atom is 0.116 e. The Hall–Kier alpha value is -4.13. The van der Waals surface area contributed by atoms with Crippen molar-refractivity contribution in [2.45, 2.75) is 39.5 Å². The van der Waals surface area contributed by atoms with Gasteiger partial charge >= 0.3 is 0 Å². The normalized spacial score (nSPS) is 14.1. The summed E-state index contributed by atoms with van der Waals surface area (Å²) in [5, 5.41) is 13.6. The number of pyridine rings is 2. The smallest absolute Gasteiger partial charge is 0.116 e. The molecule has 37 heavy (non-hydrogen) atoms. The van der Waals surface area contributed by atoms with Crippen molar-refractivity contribution in [3.63, 3.8) is 0 Å². The molecule has 6 rings (SSSR count). The first kappa shape index (κ1) is 23.3. The minimum absolute atomic E-state index is 0.550. The summed E-state index contributed by atoms with van der Waals surface area (Å²) in [6.07, 6.45) is 12.3. The molecule has 188 valence electrons. The molecule has 1 fully saturated rings. The Morgan fingerprint density at radius 2 is 1.78 bits per heavy atom. The molecule has 1 aromatic carbocycles. The number of rotatable bonds is 7. The maximum atomic E-state index is 4.69. The minimum atomic E-state index is 0.550. The molecule has 0 bridgehead atoms. The molecule has 5 heterocycles. The van der Waals surface area contributed by atoms with E-state index in [4.69, 9.17) is 5.10 Å². The zero-order valence-corrected chi connectivity index (χ0v) is 21.5. The van der Waals surface area contributed by atoms with Crippen LogP contribution in [-0.4, -0.2) is 38.2 Å². The number of aromatic amines is 2. The first-order valence-corrected chi connectivity index (χ1v) is 13.2. The number of fused-ring (bicyclic) bond motifs is 2. The van der Waals surface area contributed by atoms with Crippen LogP contribution in [0.15, 0.2) is 67.4 Å². The van der Waals surface area contributed by atoms with E-state index in [9.17, 15) is 0 Å². The standard InChI is InChI=1S/C30H33N7/c1-19(2)11-20(3)33-23-12-22(15-31-16-23)21-7-8-26-25(13-21)30(36-35-26)27-14-24-28(34-27)17-32-18-29(24)37-9-5-4-6-10-37/h7-8,12-19,33-34H,3-6,9-11H2,1-2H3,(H,35,36). The molecule has 0 saturated carbocycles. The van der Waals surface area contributed by atoms with Gasteiger partial charge in [-0.3, -0.25) is 15.1 Å². The summed E-state index contributed by atoms with van der Waals surface area (Å²) in [7, 11) is 0. The van der Waals surface area contributed by atoms with E-state index in [2.05, 4.69) is 81.0 Å². The van der Waals surface area contributed by atoms with E-state index in [1.807, 2.05) is 24.8 Å². The fraction of sp³-hybridized carbons (Fsp3) is 0.300. The SMILES string of the molecule is C=C(CC(C)C)Nc1cncc(-c2ccc3[nH]nc(-c4cc5c(N6CCCCC6)cncc5[nH]4)c3c2)c1. The van der Waals surface area contributed by atoms with Gasteiger partial charge in [0, 0.05) is 41.3 Å². The number of nitrogens with one attached hydrogen (secondary N) is 3. The zero-order valence-electron chi connectivity index (χ0n) is 21.5. The Morgan fingerprint density at radius 3 is 2.62 bits per heavy atom. The molecule has 1 aliphatic rings. The largest absolute Gasteiger partial charge is 0.370 e. The molecular formula is C30H33N7. The topological polar surface area (TPSA) is 85.5 Å². The van der Waals surface area contributed by atoms with Crippen molar-refractivity contribution in [2.24, 2.45) is 5.92 Å². The van der Waals surface area contributed by atoms with Gasteiger partial charge in [-0.2, -0.15) is 5.10 Å². The average Bonchev–Trinajstić information content (AvgIpc) is 3.52. The van der Waals surface area contributed by atoms with Crippen LogP contribution in [0.2, 0.25) is 0 Å². The van der Waals surface area contributed by atoms with Crippen molar-refractivity contribution in [3.05, 3.63) is 67.4 Å². The van der Waals surface area contributed by atoms with E-state index in [0.29, 0.717) is 5.92 Å². The lowest BCUT2D eigenvalue weighted by Crippen LogP contribution is -2.29. The molecule has 0 atom stereocenters. The summed E-state index contributed by atoms with van der Waals surface area (Å²) in [5.74, 6) is 0.550. The lowest BCUT2D eigenvalue weighted by atomic mass is 10.0. The van der Waals surface area contributed by atoms with Gasteiger partial charge in [0.25, 0.3) is 0 Å². The summed E-state index contributed by atoms with van der Waals surface area (Å²) in [6, 6.07) is 10.7. The van der Waals surface area contributed by atoms with Crippen LogP contribution in [0.1, 0.15) is 39.5 Å². The maximum absolute atomic E-state index is 4.69. The number of anilines is 2. The van der Waals surface area contributed by atoms with Crippen molar-refractivity contribution >= 4 is 33.2 Å². The van der Waals surface area contributed by atoms with Gasteiger partial charge in [0.2, 0.25) is 0 Å². The molecule has 1 aliphatic heterocycles. The van der Waals surface area contributed by atoms with Gasteiger partial charge in [-0.15, -0.1) is 0 Å². The fourth-order valence-corrected chi connectivity index (χ4v) is 5.36. The monoisotopic (exact) mass is 491 g/mol. The van der Waals surface area contributed by atoms with Crippen LogP contribution in [0.4, 0.5) is 11.4 Å². The van der Waals surface area contributed by atoms with Gasteiger partial charge in [-0.25, -0.2) is 0 Å². The van der Waals surface area contributed by atoms with Crippen LogP contribution in [0.5, 0.6) is 0 Å². The zero-order chi connectivity index (χ0) is 25.4. The molecule has 0 unspecified atom stereocenters. The Morgan fingerprint density at radius 1 is 0.946 bits per heavy atom. The Balaban J connectivity index is 1.35. The second-order valence-corrected chi connectivity index (χ2v) is 10.5. The second-order valence-electron chi connectivity index (χ2n) is 10.5. The molecule has 0 aliphatic carbocycles. The molecule has 3 N–H and O–H groups in total. The number of piperidine rings is 1. The second kappa shape index (κ2) is 9.73. The highest BCUT2D eigenvalue weighted by Crippen LogP contribution is 2.35. The molecule has 5 aromatic rings. The van der Waals surface area contributed by atoms with Crippen molar-refractivity contribution in [3.8, 4) is 22.5 Å². The van der Waals surface area contributed by atoms with Crippen LogP contribution < -0.4 is 10.2 Å². The molecule has 4 aromatic heterocycles. The van der Waals surface area contributed by atoms with Crippen LogP contribution in [-0.2, 0) is 0 Å². The highest BCUT2D eigenvalue weighted by molar-refractivity contribution is 6.00. The molecule has 0 radical (unpaired) electrons. The van der Waals surface area contributed by atoms with E-state index in [0.717, 1.165) is 69.8 Å². The Bertz CT molecular complexity index is 1570. The third-order valence-electron chi connectivity index (χ3n) is 7.09. The number of allylic oxidation sites excluding steroid dienone is 1. The fourth-order valence-electron chi connectivity index (χ4n) is 5.36. The molecule has 7 nitrogen and oxygen atoms in total. The summed E-state index contributed by atoms with van der Waals surface area (Å²) < 4.78 is 0.